The molecule has 0 saturated carbocycles. The van der Waals surface area contributed by atoms with Crippen molar-refractivity contribution in [3.8, 4) is 22.6 Å². The van der Waals surface area contributed by atoms with Gasteiger partial charge in [-0.25, -0.2) is 9.59 Å². The highest BCUT2D eigenvalue weighted by molar-refractivity contribution is 5.79. The Morgan fingerprint density at radius 3 is 2.12 bits per heavy atom. The molecule has 0 radical (unpaired) electrons. The molecule has 0 atom stereocenters. The molecule has 0 bridgehead atoms. The maximum absolute atomic E-state index is 12.2. The smallest absolute Gasteiger partial charge is 0.410 e. The lowest BCUT2D eigenvalue weighted by atomic mass is 9.99. The molecule has 2 amide bonds. The number of nitrogens with one attached hydrogen (secondary N) is 2. The third kappa shape index (κ3) is 6.87. The van der Waals surface area contributed by atoms with E-state index in [1.807, 2.05) is 48.5 Å². The molecule has 0 unspecified atom stereocenters. The standard InChI is InChI=1S/C26H28N2O4/c1-19(2)16-17-27-25(29)32-24-15-9-8-14-23(24)22-13-7-6-10-20(22)18-28-26(30)31-21-11-4-3-5-12-21/h3-15,19H,16-18H2,1-2H3,(H,27,29)(H,28,30). The molecule has 0 heterocycles. The number of para-hydroxylation sites is 2. The minimum Gasteiger partial charge on any atom is -0.410 e. The zero-order chi connectivity index (χ0) is 22.8. The van der Waals surface area contributed by atoms with Gasteiger partial charge in [-0.05, 0) is 41.7 Å². The third-order valence-corrected chi connectivity index (χ3v) is 4.77. The highest BCUT2D eigenvalue weighted by atomic mass is 16.6. The topological polar surface area (TPSA) is 76.7 Å². The second-order valence-electron chi connectivity index (χ2n) is 7.71. The summed E-state index contributed by atoms with van der Waals surface area (Å²) in [7, 11) is 0. The average molecular weight is 433 g/mol. The summed E-state index contributed by atoms with van der Waals surface area (Å²) in [6.45, 7) is 5.02. The van der Waals surface area contributed by atoms with Gasteiger partial charge in [0.2, 0.25) is 0 Å². The van der Waals surface area contributed by atoms with E-state index in [2.05, 4.69) is 24.5 Å². The van der Waals surface area contributed by atoms with Crippen LogP contribution in [0.3, 0.4) is 0 Å². The summed E-state index contributed by atoms with van der Waals surface area (Å²) in [6.07, 6.45) is -0.148. The van der Waals surface area contributed by atoms with Gasteiger partial charge in [0, 0.05) is 18.7 Å². The maximum Gasteiger partial charge on any atom is 0.412 e. The number of hydrogen-bond donors (Lipinski definition) is 2. The molecule has 6 nitrogen and oxygen atoms in total. The lowest BCUT2D eigenvalue weighted by molar-refractivity contribution is 0.199. The fourth-order valence-corrected chi connectivity index (χ4v) is 3.11. The van der Waals surface area contributed by atoms with Crippen molar-refractivity contribution < 1.29 is 19.1 Å². The van der Waals surface area contributed by atoms with Gasteiger partial charge in [0.05, 0.1) is 0 Å². The van der Waals surface area contributed by atoms with E-state index in [1.54, 1.807) is 30.3 Å². The lowest BCUT2D eigenvalue weighted by Crippen LogP contribution is -2.28. The zero-order valence-corrected chi connectivity index (χ0v) is 18.3. The summed E-state index contributed by atoms with van der Waals surface area (Å²) in [6, 6.07) is 23.9. The minimum atomic E-state index is -0.542. The molecule has 0 saturated heterocycles. The van der Waals surface area contributed by atoms with Gasteiger partial charge < -0.3 is 20.1 Å². The molecular formula is C26H28N2O4. The molecule has 0 aliphatic heterocycles. The second kappa shape index (κ2) is 11.6. The Morgan fingerprint density at radius 2 is 1.38 bits per heavy atom. The molecule has 0 fully saturated rings. The Balaban J connectivity index is 1.69. The van der Waals surface area contributed by atoms with E-state index in [0.717, 1.165) is 23.1 Å². The van der Waals surface area contributed by atoms with Crippen molar-refractivity contribution in [3.05, 3.63) is 84.4 Å². The van der Waals surface area contributed by atoms with E-state index >= 15 is 0 Å². The fraction of sp³-hybridized carbons (Fsp3) is 0.231. The zero-order valence-electron chi connectivity index (χ0n) is 18.3. The Bertz CT molecular complexity index is 1030. The van der Waals surface area contributed by atoms with Crippen molar-refractivity contribution in [3.63, 3.8) is 0 Å². The van der Waals surface area contributed by atoms with Crippen LogP contribution in [0.4, 0.5) is 9.59 Å². The summed E-state index contributed by atoms with van der Waals surface area (Å²) in [4.78, 5) is 24.4. The first-order chi connectivity index (χ1) is 15.5. The number of hydrogen-bond acceptors (Lipinski definition) is 4. The highest BCUT2D eigenvalue weighted by Gasteiger charge is 2.14. The van der Waals surface area contributed by atoms with Crippen LogP contribution in [0.15, 0.2) is 78.9 Å². The molecule has 3 rings (SSSR count). The van der Waals surface area contributed by atoms with Crippen LogP contribution in [0.5, 0.6) is 11.5 Å². The molecule has 0 aliphatic rings. The molecule has 3 aromatic rings. The van der Waals surface area contributed by atoms with Gasteiger partial charge in [0.15, 0.2) is 0 Å². The summed E-state index contributed by atoms with van der Waals surface area (Å²) >= 11 is 0. The Morgan fingerprint density at radius 1 is 0.750 bits per heavy atom. The van der Waals surface area contributed by atoms with Crippen LogP contribution in [0.2, 0.25) is 0 Å². The van der Waals surface area contributed by atoms with E-state index < -0.39 is 12.2 Å². The van der Waals surface area contributed by atoms with Crippen LogP contribution in [0, 0.1) is 5.92 Å². The van der Waals surface area contributed by atoms with Crippen molar-refractivity contribution in [2.45, 2.75) is 26.8 Å². The monoisotopic (exact) mass is 432 g/mol. The van der Waals surface area contributed by atoms with Gasteiger partial charge in [0.25, 0.3) is 0 Å². The van der Waals surface area contributed by atoms with E-state index in [4.69, 9.17) is 9.47 Å². The van der Waals surface area contributed by atoms with Crippen LogP contribution in [-0.2, 0) is 6.54 Å². The van der Waals surface area contributed by atoms with Gasteiger partial charge in [-0.15, -0.1) is 0 Å². The van der Waals surface area contributed by atoms with Crippen LogP contribution < -0.4 is 20.1 Å². The summed E-state index contributed by atoms with van der Waals surface area (Å²) < 4.78 is 10.9. The predicted octanol–water partition coefficient (Wildman–Crippen LogP) is 5.78. The molecule has 6 heteroatoms. The van der Waals surface area contributed by atoms with Crippen molar-refractivity contribution in [2.24, 2.45) is 5.92 Å². The van der Waals surface area contributed by atoms with Crippen molar-refractivity contribution in [1.82, 2.24) is 10.6 Å². The largest absolute Gasteiger partial charge is 0.412 e. The number of carbonyl (C=O) groups excluding carboxylic acids is 2. The quantitative estimate of drug-likeness (QED) is 0.473. The van der Waals surface area contributed by atoms with E-state index in [-0.39, 0.29) is 6.54 Å². The normalized spacial score (nSPS) is 10.5. The Labute approximate surface area is 188 Å². The summed E-state index contributed by atoms with van der Waals surface area (Å²) in [5.41, 5.74) is 2.49. The average Bonchev–Trinajstić information content (AvgIpc) is 2.79. The second-order valence-corrected chi connectivity index (χ2v) is 7.71. The molecule has 0 spiro atoms. The van der Waals surface area contributed by atoms with Crippen LogP contribution >= 0.6 is 0 Å². The number of amides is 2. The molecular weight excluding hydrogens is 404 g/mol. The molecule has 0 aliphatic carbocycles. The number of benzene rings is 3. The van der Waals surface area contributed by atoms with E-state index in [0.29, 0.717) is 24.0 Å². The van der Waals surface area contributed by atoms with E-state index in [1.165, 1.54) is 0 Å². The summed E-state index contributed by atoms with van der Waals surface area (Å²) in [5.74, 6) is 1.42. The molecule has 166 valence electrons. The first-order valence-electron chi connectivity index (χ1n) is 10.7. The highest BCUT2D eigenvalue weighted by Crippen LogP contribution is 2.32. The van der Waals surface area contributed by atoms with Crippen LogP contribution in [-0.4, -0.2) is 18.7 Å². The number of rotatable bonds is 8. The fourth-order valence-electron chi connectivity index (χ4n) is 3.11. The predicted molar refractivity (Wildman–Crippen MR) is 125 cm³/mol. The van der Waals surface area contributed by atoms with Gasteiger partial charge in [-0.3, -0.25) is 0 Å². The molecule has 0 aromatic heterocycles. The SMILES string of the molecule is CC(C)CCNC(=O)Oc1ccccc1-c1ccccc1CNC(=O)Oc1ccccc1. The van der Waals surface area contributed by atoms with Gasteiger partial charge in [-0.2, -0.15) is 0 Å². The third-order valence-electron chi connectivity index (χ3n) is 4.77. The Hall–Kier alpha value is -3.80. The van der Waals surface area contributed by atoms with Crippen molar-refractivity contribution in [1.29, 1.82) is 0 Å². The molecule has 32 heavy (non-hydrogen) atoms. The number of ether oxygens (including phenoxy) is 2. The number of carbonyl (C=O) groups is 2. The molecule has 2 N–H and O–H groups in total. The van der Waals surface area contributed by atoms with E-state index in [9.17, 15) is 9.59 Å². The first-order valence-corrected chi connectivity index (χ1v) is 10.7. The van der Waals surface area contributed by atoms with Crippen molar-refractivity contribution >= 4 is 12.2 Å². The lowest BCUT2D eigenvalue weighted by Gasteiger charge is -2.15. The molecule has 3 aromatic carbocycles. The van der Waals surface area contributed by atoms with Gasteiger partial charge >= 0.3 is 12.2 Å². The van der Waals surface area contributed by atoms with Gasteiger partial charge in [-0.1, -0.05) is 74.5 Å². The Kier molecular flexibility index (Phi) is 8.26. The minimum absolute atomic E-state index is 0.261. The van der Waals surface area contributed by atoms with Gasteiger partial charge in [0.1, 0.15) is 11.5 Å². The summed E-state index contributed by atoms with van der Waals surface area (Å²) in [5, 5.41) is 5.56. The maximum atomic E-state index is 12.2. The van der Waals surface area contributed by atoms with Crippen LogP contribution in [0.25, 0.3) is 11.1 Å². The first kappa shape index (κ1) is 22.9. The van der Waals surface area contributed by atoms with Crippen LogP contribution in [0.1, 0.15) is 25.8 Å². The van der Waals surface area contributed by atoms with Crippen molar-refractivity contribution in [2.75, 3.05) is 6.54 Å².